The molecular formula is C27H28N2O4. The van der Waals surface area contributed by atoms with E-state index in [1.165, 1.54) is 0 Å². The number of aliphatic hydroxyl groups excluding tert-OH is 1. The van der Waals surface area contributed by atoms with Crippen LogP contribution in [0.2, 0.25) is 0 Å². The Labute approximate surface area is 193 Å². The lowest BCUT2D eigenvalue weighted by atomic mass is 9.72. The Balaban J connectivity index is 1.30. The van der Waals surface area contributed by atoms with Crippen LogP contribution in [0.4, 0.5) is 0 Å². The summed E-state index contributed by atoms with van der Waals surface area (Å²) in [4.78, 5) is 27.5. The Bertz CT molecular complexity index is 1120. The molecule has 1 aliphatic heterocycles. The van der Waals surface area contributed by atoms with Crippen LogP contribution in [0.3, 0.4) is 0 Å². The standard InChI is InChI=1S/C27H28N2O4/c30-23(13-12-20-9-6-18-33-20)29-16-14-27(15-17-29)22-11-5-4-10-21(22)24(25(27)31)28-26(32)19-7-2-1-3-8-19/h1-11,18,24-25,31H,12-17H2,(H,28,32)/t24-,25+/m1/s1. The van der Waals surface area contributed by atoms with Gasteiger partial charge in [-0.15, -0.1) is 0 Å². The number of benzene rings is 2. The summed E-state index contributed by atoms with van der Waals surface area (Å²) in [5, 5.41) is 14.6. The van der Waals surface area contributed by atoms with Crippen LogP contribution in [0.1, 0.15) is 52.5 Å². The maximum atomic E-state index is 12.9. The number of aryl methyl sites for hydroxylation is 1. The van der Waals surface area contributed by atoms with E-state index in [-0.39, 0.29) is 11.8 Å². The smallest absolute Gasteiger partial charge is 0.251 e. The SMILES string of the molecule is O=C(N[C@@H]1c2ccccc2C2(CCN(C(=O)CCc3ccco3)CC2)[C@H]1O)c1ccccc1. The summed E-state index contributed by atoms with van der Waals surface area (Å²) in [5.41, 5.74) is 2.15. The van der Waals surface area contributed by atoms with E-state index in [0.717, 1.165) is 16.9 Å². The average molecular weight is 445 g/mol. The number of aliphatic hydroxyl groups is 1. The average Bonchev–Trinajstić information content (AvgIpc) is 3.46. The van der Waals surface area contributed by atoms with Crippen molar-refractivity contribution in [3.63, 3.8) is 0 Å². The van der Waals surface area contributed by atoms with Crippen LogP contribution in [0.25, 0.3) is 0 Å². The molecule has 3 aromatic rings. The molecule has 0 unspecified atom stereocenters. The van der Waals surface area contributed by atoms with E-state index in [0.29, 0.717) is 44.3 Å². The number of likely N-dealkylation sites (tertiary alicyclic amines) is 1. The van der Waals surface area contributed by atoms with E-state index in [2.05, 4.69) is 11.4 Å². The van der Waals surface area contributed by atoms with Crippen LogP contribution in [0.15, 0.2) is 77.4 Å². The molecule has 2 aromatic carbocycles. The van der Waals surface area contributed by atoms with Gasteiger partial charge in [-0.3, -0.25) is 9.59 Å². The Hall–Kier alpha value is -3.38. The second kappa shape index (κ2) is 8.87. The quantitative estimate of drug-likeness (QED) is 0.630. The van der Waals surface area contributed by atoms with E-state index in [9.17, 15) is 14.7 Å². The Morgan fingerprint density at radius 1 is 1.00 bits per heavy atom. The number of nitrogens with one attached hydrogen (secondary N) is 1. The number of fused-ring (bicyclic) bond motifs is 2. The highest BCUT2D eigenvalue weighted by Crippen LogP contribution is 2.51. The molecular weight excluding hydrogens is 416 g/mol. The van der Waals surface area contributed by atoms with E-state index >= 15 is 0 Å². The van der Waals surface area contributed by atoms with Crippen molar-refractivity contribution in [3.05, 3.63) is 95.4 Å². The number of amides is 2. The molecule has 1 saturated heterocycles. The van der Waals surface area contributed by atoms with Crippen molar-refractivity contribution in [2.75, 3.05) is 13.1 Å². The van der Waals surface area contributed by atoms with Crippen molar-refractivity contribution in [2.45, 2.75) is 43.2 Å². The molecule has 6 nitrogen and oxygen atoms in total. The zero-order chi connectivity index (χ0) is 22.8. The lowest BCUT2D eigenvalue weighted by Gasteiger charge is -2.42. The molecule has 2 aliphatic rings. The van der Waals surface area contributed by atoms with Gasteiger partial charge in [0.2, 0.25) is 5.91 Å². The maximum Gasteiger partial charge on any atom is 0.251 e. The van der Waals surface area contributed by atoms with Crippen molar-refractivity contribution in [2.24, 2.45) is 0 Å². The maximum absolute atomic E-state index is 12.9. The molecule has 1 aliphatic carbocycles. The van der Waals surface area contributed by atoms with Crippen molar-refractivity contribution in [1.82, 2.24) is 10.2 Å². The van der Waals surface area contributed by atoms with E-state index < -0.39 is 17.6 Å². The predicted molar refractivity (Wildman–Crippen MR) is 124 cm³/mol. The summed E-state index contributed by atoms with van der Waals surface area (Å²) in [7, 11) is 0. The zero-order valence-corrected chi connectivity index (χ0v) is 18.4. The van der Waals surface area contributed by atoms with Gasteiger partial charge in [-0.05, 0) is 48.2 Å². The molecule has 2 atom stereocenters. The molecule has 1 aromatic heterocycles. The Morgan fingerprint density at radius 2 is 1.73 bits per heavy atom. The Morgan fingerprint density at radius 3 is 2.45 bits per heavy atom. The highest BCUT2D eigenvalue weighted by Gasteiger charge is 2.53. The number of carbonyl (C=O) groups excluding carboxylic acids is 2. The summed E-state index contributed by atoms with van der Waals surface area (Å²) in [6.07, 6.45) is 3.20. The number of piperidine rings is 1. The molecule has 170 valence electrons. The van der Waals surface area contributed by atoms with Gasteiger partial charge in [0.25, 0.3) is 5.91 Å². The van der Waals surface area contributed by atoms with Crippen LogP contribution in [-0.2, 0) is 16.6 Å². The predicted octanol–water partition coefficient (Wildman–Crippen LogP) is 3.62. The number of hydrogen-bond acceptors (Lipinski definition) is 4. The first-order valence-corrected chi connectivity index (χ1v) is 11.5. The molecule has 6 heteroatoms. The third-order valence-corrected chi connectivity index (χ3v) is 7.21. The van der Waals surface area contributed by atoms with Gasteiger partial charge >= 0.3 is 0 Å². The minimum Gasteiger partial charge on any atom is -0.469 e. The van der Waals surface area contributed by atoms with Gasteiger partial charge in [-0.25, -0.2) is 0 Å². The summed E-state index contributed by atoms with van der Waals surface area (Å²) >= 11 is 0. The molecule has 1 spiro atoms. The van der Waals surface area contributed by atoms with Crippen molar-refractivity contribution < 1.29 is 19.1 Å². The Kier molecular flexibility index (Phi) is 5.77. The highest BCUT2D eigenvalue weighted by molar-refractivity contribution is 5.94. The first-order valence-electron chi connectivity index (χ1n) is 11.5. The van der Waals surface area contributed by atoms with E-state index in [1.807, 2.05) is 53.4 Å². The summed E-state index contributed by atoms with van der Waals surface area (Å²) in [6.45, 7) is 1.17. The number of carbonyl (C=O) groups is 2. The summed E-state index contributed by atoms with van der Waals surface area (Å²) in [5.74, 6) is 0.724. The van der Waals surface area contributed by atoms with Crippen molar-refractivity contribution in [3.8, 4) is 0 Å². The minimum atomic E-state index is -0.747. The second-order valence-electron chi connectivity index (χ2n) is 8.97. The fourth-order valence-electron chi connectivity index (χ4n) is 5.40. The summed E-state index contributed by atoms with van der Waals surface area (Å²) < 4.78 is 5.34. The molecule has 0 saturated carbocycles. The summed E-state index contributed by atoms with van der Waals surface area (Å²) in [6, 6.07) is 20.3. The molecule has 1 fully saturated rings. The topological polar surface area (TPSA) is 82.8 Å². The fourth-order valence-corrected chi connectivity index (χ4v) is 5.40. The van der Waals surface area contributed by atoms with Crippen LogP contribution < -0.4 is 5.32 Å². The van der Waals surface area contributed by atoms with Crippen LogP contribution in [-0.4, -0.2) is 41.0 Å². The van der Waals surface area contributed by atoms with Crippen molar-refractivity contribution >= 4 is 11.8 Å². The number of nitrogens with zero attached hydrogens (tertiary/aromatic N) is 1. The lowest BCUT2D eigenvalue weighted by molar-refractivity contribution is -0.133. The molecule has 5 rings (SSSR count). The second-order valence-corrected chi connectivity index (χ2v) is 8.97. The van der Waals surface area contributed by atoms with Gasteiger partial charge in [-0.1, -0.05) is 42.5 Å². The minimum absolute atomic E-state index is 0.107. The molecule has 33 heavy (non-hydrogen) atoms. The van der Waals surface area contributed by atoms with Gasteiger partial charge in [0.15, 0.2) is 0 Å². The van der Waals surface area contributed by atoms with E-state index in [4.69, 9.17) is 4.42 Å². The van der Waals surface area contributed by atoms with Crippen LogP contribution >= 0.6 is 0 Å². The third-order valence-electron chi connectivity index (χ3n) is 7.21. The van der Waals surface area contributed by atoms with Gasteiger partial charge in [-0.2, -0.15) is 0 Å². The largest absolute Gasteiger partial charge is 0.469 e. The monoisotopic (exact) mass is 444 g/mol. The third kappa shape index (κ3) is 3.95. The highest BCUT2D eigenvalue weighted by atomic mass is 16.3. The van der Waals surface area contributed by atoms with Crippen LogP contribution in [0.5, 0.6) is 0 Å². The van der Waals surface area contributed by atoms with Gasteiger partial charge in [0.05, 0.1) is 18.4 Å². The molecule has 2 amide bonds. The van der Waals surface area contributed by atoms with Gasteiger partial charge < -0.3 is 19.7 Å². The van der Waals surface area contributed by atoms with E-state index in [1.54, 1.807) is 18.4 Å². The van der Waals surface area contributed by atoms with Gasteiger partial charge in [0, 0.05) is 36.9 Å². The van der Waals surface area contributed by atoms with Gasteiger partial charge in [0.1, 0.15) is 5.76 Å². The number of hydrogen-bond donors (Lipinski definition) is 2. The van der Waals surface area contributed by atoms with Crippen LogP contribution in [0, 0.1) is 0 Å². The molecule has 0 bridgehead atoms. The first-order chi connectivity index (χ1) is 16.1. The number of rotatable bonds is 5. The zero-order valence-electron chi connectivity index (χ0n) is 18.4. The lowest BCUT2D eigenvalue weighted by Crippen LogP contribution is -2.51. The van der Waals surface area contributed by atoms with Crippen molar-refractivity contribution in [1.29, 1.82) is 0 Å². The molecule has 2 heterocycles. The first kappa shape index (κ1) is 21.5. The normalized spacial score (nSPS) is 21.1. The number of furan rings is 1. The molecule has 0 radical (unpaired) electrons. The fraction of sp³-hybridized carbons (Fsp3) is 0.333. The molecule has 2 N–H and O–H groups in total.